The molecule has 3 rings (SSSR count). The summed E-state index contributed by atoms with van der Waals surface area (Å²) in [5.74, 6) is 0. The van der Waals surface area contributed by atoms with Crippen molar-refractivity contribution in [2.24, 2.45) is 5.29 Å². The number of anilines is 2. The van der Waals surface area contributed by atoms with Crippen LogP contribution in [0.15, 0.2) is 59.9 Å². The molecule has 0 amide bonds. The first-order valence-corrected chi connectivity index (χ1v) is 6.24. The fourth-order valence-corrected chi connectivity index (χ4v) is 2.64. The molecule has 0 saturated carbocycles. The van der Waals surface area contributed by atoms with Crippen molar-refractivity contribution in [1.29, 1.82) is 0 Å². The molecule has 5 heteroatoms. The Balaban J connectivity index is 2.09. The van der Waals surface area contributed by atoms with E-state index in [1.54, 1.807) is 0 Å². The summed E-state index contributed by atoms with van der Waals surface area (Å²) in [4.78, 5) is 15.4. The molecule has 1 heterocycles. The van der Waals surface area contributed by atoms with Gasteiger partial charge in [-0.1, -0.05) is 41.7 Å². The summed E-state index contributed by atoms with van der Waals surface area (Å²) >= 11 is 1.45. The number of rotatable bonds is 3. The molecule has 0 N–H and O–H groups in total. The van der Waals surface area contributed by atoms with Crippen LogP contribution in [0, 0.1) is 4.91 Å². The predicted octanol–water partition coefficient (Wildman–Crippen LogP) is 4.12. The lowest BCUT2D eigenvalue weighted by atomic mass is 10.3. The van der Waals surface area contributed by atoms with Gasteiger partial charge >= 0.3 is 0 Å². The molecule has 3 aromatic rings. The first-order chi connectivity index (χ1) is 8.88. The Labute approximate surface area is 107 Å². The Morgan fingerprint density at radius 2 is 1.72 bits per heavy atom. The molecule has 2 aromatic carbocycles. The maximum atomic E-state index is 11.0. The molecule has 0 saturated heterocycles. The summed E-state index contributed by atoms with van der Waals surface area (Å²) in [6, 6.07) is 17.0. The Bertz CT molecular complexity index is 648. The molecular weight excluding hydrogens is 246 g/mol. The SMILES string of the molecule is O=NN(c1ccccc1)c1nc2ccccc2s1. The summed E-state index contributed by atoms with van der Waals surface area (Å²) in [5.41, 5.74) is 1.59. The van der Waals surface area contributed by atoms with Gasteiger partial charge in [0, 0.05) is 0 Å². The minimum absolute atomic E-state index is 0.581. The number of fused-ring (bicyclic) bond motifs is 1. The van der Waals surface area contributed by atoms with Crippen molar-refractivity contribution >= 4 is 32.4 Å². The molecule has 0 unspecified atom stereocenters. The number of hydrogen-bond donors (Lipinski definition) is 0. The highest BCUT2D eigenvalue weighted by Gasteiger charge is 2.14. The van der Waals surface area contributed by atoms with Crippen molar-refractivity contribution in [2.45, 2.75) is 0 Å². The van der Waals surface area contributed by atoms with E-state index < -0.39 is 0 Å². The third kappa shape index (κ3) is 1.84. The molecule has 18 heavy (non-hydrogen) atoms. The molecule has 0 aliphatic heterocycles. The lowest BCUT2D eigenvalue weighted by Gasteiger charge is -2.10. The third-order valence-corrected chi connectivity index (χ3v) is 3.56. The summed E-state index contributed by atoms with van der Waals surface area (Å²) in [7, 11) is 0. The van der Waals surface area contributed by atoms with E-state index >= 15 is 0 Å². The van der Waals surface area contributed by atoms with E-state index in [0.29, 0.717) is 10.8 Å². The van der Waals surface area contributed by atoms with Crippen molar-refractivity contribution in [3.05, 3.63) is 59.5 Å². The fourth-order valence-electron chi connectivity index (χ4n) is 1.71. The van der Waals surface area contributed by atoms with Crippen LogP contribution in [-0.2, 0) is 0 Å². The van der Waals surface area contributed by atoms with Crippen LogP contribution >= 0.6 is 11.3 Å². The largest absolute Gasteiger partial charge is 0.218 e. The van der Waals surface area contributed by atoms with Gasteiger partial charge in [0.1, 0.15) is 0 Å². The van der Waals surface area contributed by atoms with E-state index in [1.807, 2.05) is 54.6 Å². The average Bonchev–Trinajstić information content (AvgIpc) is 2.84. The second kappa shape index (κ2) is 4.54. The van der Waals surface area contributed by atoms with Crippen LogP contribution in [-0.4, -0.2) is 4.98 Å². The molecule has 0 aliphatic carbocycles. The number of aromatic nitrogens is 1. The molecule has 4 nitrogen and oxygen atoms in total. The molecule has 0 atom stereocenters. The molecule has 0 bridgehead atoms. The Morgan fingerprint density at radius 1 is 1.00 bits per heavy atom. The first-order valence-electron chi connectivity index (χ1n) is 5.42. The van der Waals surface area contributed by atoms with E-state index in [0.717, 1.165) is 10.2 Å². The molecular formula is C13H9N3OS. The van der Waals surface area contributed by atoms with Gasteiger partial charge in [-0.25, -0.2) is 4.98 Å². The van der Waals surface area contributed by atoms with Gasteiger partial charge in [0.25, 0.3) is 0 Å². The maximum absolute atomic E-state index is 11.0. The van der Waals surface area contributed by atoms with Gasteiger partial charge < -0.3 is 0 Å². The van der Waals surface area contributed by atoms with E-state index in [-0.39, 0.29) is 0 Å². The molecule has 0 fully saturated rings. The second-order valence-electron chi connectivity index (χ2n) is 3.69. The Morgan fingerprint density at radius 3 is 2.44 bits per heavy atom. The number of nitroso groups, excluding NO2 is 1. The predicted molar refractivity (Wildman–Crippen MR) is 74.0 cm³/mol. The summed E-state index contributed by atoms with van der Waals surface area (Å²) in [6.07, 6.45) is 0. The zero-order valence-electron chi connectivity index (χ0n) is 9.35. The van der Waals surface area contributed by atoms with Crippen molar-refractivity contribution in [2.75, 3.05) is 5.01 Å². The van der Waals surface area contributed by atoms with Crippen LogP contribution < -0.4 is 5.01 Å². The Hall–Kier alpha value is -2.27. The van der Waals surface area contributed by atoms with Gasteiger partial charge in [-0.2, -0.15) is 5.01 Å². The van der Waals surface area contributed by atoms with E-state index in [9.17, 15) is 4.91 Å². The van der Waals surface area contributed by atoms with Crippen LogP contribution in [0.5, 0.6) is 0 Å². The zero-order chi connectivity index (χ0) is 12.4. The van der Waals surface area contributed by atoms with Gasteiger partial charge in [-0.3, -0.25) is 0 Å². The van der Waals surface area contributed by atoms with Crippen LogP contribution in [0.1, 0.15) is 0 Å². The maximum Gasteiger partial charge on any atom is 0.214 e. The van der Waals surface area contributed by atoms with Crippen molar-refractivity contribution in [3.8, 4) is 0 Å². The lowest BCUT2D eigenvalue weighted by Crippen LogP contribution is -2.06. The highest BCUT2D eigenvalue weighted by molar-refractivity contribution is 7.22. The number of hydrogen-bond acceptors (Lipinski definition) is 4. The van der Waals surface area contributed by atoms with E-state index in [4.69, 9.17) is 0 Å². The second-order valence-corrected chi connectivity index (χ2v) is 4.70. The summed E-state index contributed by atoms with van der Waals surface area (Å²) in [6.45, 7) is 0. The number of thiazole rings is 1. The van der Waals surface area contributed by atoms with Crippen molar-refractivity contribution < 1.29 is 0 Å². The molecule has 0 aliphatic rings. The quantitative estimate of drug-likeness (QED) is 0.522. The molecule has 88 valence electrons. The standard InChI is InChI=1S/C13H9N3OS/c17-15-16(10-6-2-1-3-7-10)13-14-11-8-4-5-9-12(11)18-13/h1-9H. The van der Waals surface area contributed by atoms with E-state index in [1.165, 1.54) is 16.3 Å². The van der Waals surface area contributed by atoms with Gasteiger partial charge in [0.15, 0.2) is 0 Å². The first kappa shape index (κ1) is 10.9. The number of nitrogens with zero attached hydrogens (tertiary/aromatic N) is 3. The smallest absolute Gasteiger partial charge is 0.214 e. The van der Waals surface area contributed by atoms with E-state index in [2.05, 4.69) is 10.3 Å². The highest BCUT2D eigenvalue weighted by atomic mass is 32.1. The summed E-state index contributed by atoms with van der Waals surface area (Å²) < 4.78 is 1.04. The average molecular weight is 255 g/mol. The monoisotopic (exact) mass is 255 g/mol. The van der Waals surface area contributed by atoms with Gasteiger partial charge in [0.2, 0.25) is 5.13 Å². The van der Waals surface area contributed by atoms with Crippen LogP contribution in [0.25, 0.3) is 10.2 Å². The zero-order valence-corrected chi connectivity index (χ0v) is 10.2. The molecule has 0 radical (unpaired) electrons. The normalized spacial score (nSPS) is 10.4. The summed E-state index contributed by atoms with van der Waals surface area (Å²) in [5, 5.41) is 4.95. The molecule has 1 aromatic heterocycles. The van der Waals surface area contributed by atoms with Gasteiger partial charge in [0.05, 0.1) is 21.2 Å². The van der Waals surface area contributed by atoms with Gasteiger partial charge in [-0.05, 0) is 24.3 Å². The lowest BCUT2D eigenvalue weighted by molar-refractivity contribution is 1.06. The van der Waals surface area contributed by atoms with Crippen LogP contribution in [0.4, 0.5) is 10.8 Å². The van der Waals surface area contributed by atoms with Crippen molar-refractivity contribution in [3.63, 3.8) is 0 Å². The molecule has 0 spiro atoms. The topological polar surface area (TPSA) is 45.6 Å². The van der Waals surface area contributed by atoms with Crippen molar-refractivity contribution in [1.82, 2.24) is 4.98 Å². The number of benzene rings is 2. The Kier molecular flexibility index (Phi) is 2.74. The third-order valence-electron chi connectivity index (χ3n) is 2.55. The van der Waals surface area contributed by atoms with Crippen LogP contribution in [0.2, 0.25) is 0 Å². The number of para-hydroxylation sites is 2. The van der Waals surface area contributed by atoms with Gasteiger partial charge in [-0.15, -0.1) is 4.91 Å². The van der Waals surface area contributed by atoms with Crippen LogP contribution in [0.3, 0.4) is 0 Å². The minimum atomic E-state index is 0.581. The fraction of sp³-hybridized carbons (Fsp3) is 0. The highest BCUT2D eigenvalue weighted by Crippen LogP contribution is 2.33. The minimum Gasteiger partial charge on any atom is -0.218 e.